The number of halogens is 1. The van der Waals surface area contributed by atoms with Gasteiger partial charge in [0.1, 0.15) is 28.3 Å². The molecule has 0 fully saturated rings. The van der Waals surface area contributed by atoms with Crippen molar-refractivity contribution in [2.45, 2.75) is 19.9 Å². The lowest BCUT2D eigenvalue weighted by atomic mass is 10.1. The van der Waals surface area contributed by atoms with Gasteiger partial charge in [0.15, 0.2) is 0 Å². The lowest BCUT2D eigenvalue weighted by molar-refractivity contribution is 0.0951. The number of hydrogen-bond acceptors (Lipinski definition) is 5. The molecule has 1 amide bonds. The third-order valence-electron chi connectivity index (χ3n) is 6.49. The van der Waals surface area contributed by atoms with Crippen LogP contribution in [-0.2, 0) is 13.0 Å². The summed E-state index contributed by atoms with van der Waals surface area (Å²) in [5, 5.41) is 12.0. The van der Waals surface area contributed by atoms with E-state index in [1.165, 1.54) is 27.2 Å². The molecule has 0 aliphatic heterocycles. The van der Waals surface area contributed by atoms with Crippen molar-refractivity contribution in [2.75, 3.05) is 13.7 Å². The highest BCUT2D eigenvalue weighted by Gasteiger charge is 2.18. The Hall–Kier alpha value is -4.79. The fraction of sp³-hybridized carbons (Fsp3) is 0.172. The van der Waals surface area contributed by atoms with Crippen molar-refractivity contribution in [3.63, 3.8) is 0 Å². The third kappa shape index (κ3) is 4.78. The molecule has 192 valence electrons. The Labute approximate surface area is 217 Å². The highest BCUT2D eigenvalue weighted by Crippen LogP contribution is 2.15. The highest BCUT2D eigenvalue weighted by molar-refractivity contribution is 5.96. The van der Waals surface area contributed by atoms with Gasteiger partial charge >= 0.3 is 0 Å². The van der Waals surface area contributed by atoms with E-state index < -0.39 is 5.91 Å². The number of ether oxygens (including phenoxy) is 1. The minimum absolute atomic E-state index is 0.0563. The normalized spacial score (nSPS) is 11.1. The molecule has 0 saturated heterocycles. The fourth-order valence-corrected chi connectivity index (χ4v) is 4.40. The summed E-state index contributed by atoms with van der Waals surface area (Å²) in [5.74, 6) is -0.0918. The number of rotatable bonds is 7. The number of hydrogen-bond donors (Lipinski definition) is 2. The van der Waals surface area contributed by atoms with E-state index in [1.54, 1.807) is 31.5 Å². The van der Waals surface area contributed by atoms with E-state index in [2.05, 4.69) is 5.32 Å². The van der Waals surface area contributed by atoms with Crippen molar-refractivity contribution >= 4 is 22.6 Å². The Morgan fingerprint density at radius 2 is 1.76 bits per heavy atom. The molecule has 2 aromatic carbocycles. The monoisotopic (exact) mass is 511 g/mol. The number of pyridine rings is 2. The van der Waals surface area contributed by atoms with Gasteiger partial charge < -0.3 is 14.6 Å². The number of fused-ring (bicyclic) bond motifs is 2. The maximum atomic E-state index is 13.5. The van der Waals surface area contributed by atoms with E-state index in [1.807, 2.05) is 37.3 Å². The molecule has 2 N–H and O–H groups in total. The zero-order valence-electron chi connectivity index (χ0n) is 21.0. The molecule has 0 aliphatic carbocycles. The summed E-state index contributed by atoms with van der Waals surface area (Å²) >= 11 is 0. The average molecular weight is 512 g/mol. The topological polar surface area (TPSA) is 101 Å². The molecule has 0 unspecified atom stereocenters. The molecule has 8 nitrogen and oxygen atoms in total. The van der Waals surface area contributed by atoms with E-state index >= 15 is 0 Å². The molecule has 5 aromatic rings. The van der Waals surface area contributed by atoms with Crippen LogP contribution in [0.5, 0.6) is 5.75 Å². The van der Waals surface area contributed by atoms with Crippen LogP contribution in [0.4, 0.5) is 4.39 Å². The maximum absolute atomic E-state index is 13.5. The van der Waals surface area contributed by atoms with Gasteiger partial charge in [-0.25, -0.2) is 9.37 Å². The molecule has 0 spiro atoms. The molecule has 0 aliphatic rings. The summed E-state index contributed by atoms with van der Waals surface area (Å²) in [6.07, 6.45) is 2.21. The molecule has 0 saturated carbocycles. The molecule has 0 radical (unpaired) electrons. The fourth-order valence-electron chi connectivity index (χ4n) is 4.40. The Morgan fingerprint density at radius 1 is 1.05 bits per heavy atom. The van der Waals surface area contributed by atoms with Gasteiger partial charge in [0.25, 0.3) is 11.5 Å². The molecule has 38 heavy (non-hydrogen) atoms. The summed E-state index contributed by atoms with van der Waals surface area (Å²) in [5.41, 5.74) is 2.90. The van der Waals surface area contributed by atoms with Gasteiger partial charge in [-0.2, -0.15) is 0 Å². The van der Waals surface area contributed by atoms with Crippen molar-refractivity contribution in [1.29, 1.82) is 5.41 Å². The average Bonchev–Trinajstić information content (AvgIpc) is 2.92. The third-order valence-corrected chi connectivity index (χ3v) is 6.49. The second-order valence-electron chi connectivity index (χ2n) is 9.01. The van der Waals surface area contributed by atoms with Gasteiger partial charge in [-0.3, -0.25) is 19.4 Å². The van der Waals surface area contributed by atoms with Crippen LogP contribution in [-0.4, -0.2) is 33.5 Å². The minimum Gasteiger partial charge on any atom is -0.497 e. The number of aromatic nitrogens is 3. The van der Waals surface area contributed by atoms with Crippen molar-refractivity contribution in [1.82, 2.24) is 19.3 Å². The second kappa shape index (κ2) is 10.3. The van der Waals surface area contributed by atoms with Crippen molar-refractivity contribution in [2.24, 2.45) is 0 Å². The van der Waals surface area contributed by atoms with Gasteiger partial charge in [0.05, 0.1) is 24.6 Å². The largest absolute Gasteiger partial charge is 0.497 e. The molecule has 9 heteroatoms. The molecule has 5 rings (SSSR count). The number of nitrogens with one attached hydrogen (secondary N) is 2. The summed E-state index contributed by atoms with van der Waals surface area (Å²) in [6, 6.07) is 18.5. The lowest BCUT2D eigenvalue weighted by Crippen LogP contribution is -2.36. The Kier molecular flexibility index (Phi) is 6.74. The van der Waals surface area contributed by atoms with Crippen LogP contribution in [0.1, 0.15) is 27.0 Å². The van der Waals surface area contributed by atoms with Crippen molar-refractivity contribution in [3.8, 4) is 5.75 Å². The van der Waals surface area contributed by atoms with Gasteiger partial charge in [0, 0.05) is 12.7 Å². The summed E-state index contributed by atoms with van der Waals surface area (Å²) in [6.45, 7) is 2.33. The summed E-state index contributed by atoms with van der Waals surface area (Å²) in [7, 11) is 1.60. The van der Waals surface area contributed by atoms with Crippen LogP contribution in [0.15, 0.2) is 77.7 Å². The summed E-state index contributed by atoms with van der Waals surface area (Å²) < 4.78 is 21.7. The quantitative estimate of drug-likeness (QED) is 0.326. The SMILES string of the molecule is COc1ccc(CCNC(=O)c2cc3c(=O)n4cccc(C)c4nc3n(Cc3ccc(F)cc3)c2=N)cc1. The first-order valence-electron chi connectivity index (χ1n) is 12.1. The Morgan fingerprint density at radius 3 is 2.47 bits per heavy atom. The van der Waals surface area contributed by atoms with Gasteiger partial charge in [-0.05, 0) is 66.4 Å². The first-order valence-corrected chi connectivity index (χ1v) is 12.1. The number of nitrogens with zero attached hydrogens (tertiary/aromatic N) is 3. The van der Waals surface area contributed by atoms with E-state index in [0.29, 0.717) is 24.2 Å². The maximum Gasteiger partial charge on any atom is 0.267 e. The smallest absolute Gasteiger partial charge is 0.267 e. The standard InChI is InChI=1S/C29H26FN5O3/c1-18-4-3-15-34-26(18)33-27-24(29(34)37)16-23(25(31)35(27)17-20-5-9-21(30)10-6-20)28(36)32-14-13-19-7-11-22(38-2)12-8-19/h3-12,15-16,31H,13-14,17H2,1-2H3,(H,32,36). The molecule has 3 aromatic heterocycles. The van der Waals surface area contributed by atoms with Crippen LogP contribution in [0.3, 0.4) is 0 Å². The van der Waals surface area contributed by atoms with E-state index in [0.717, 1.165) is 16.9 Å². The van der Waals surface area contributed by atoms with E-state index in [-0.39, 0.29) is 40.0 Å². The zero-order chi connectivity index (χ0) is 26.8. The van der Waals surface area contributed by atoms with Gasteiger partial charge in [-0.15, -0.1) is 0 Å². The van der Waals surface area contributed by atoms with E-state index in [4.69, 9.17) is 15.1 Å². The first-order chi connectivity index (χ1) is 18.4. The van der Waals surface area contributed by atoms with Crippen LogP contribution in [0.25, 0.3) is 16.7 Å². The van der Waals surface area contributed by atoms with Crippen LogP contribution in [0.2, 0.25) is 0 Å². The van der Waals surface area contributed by atoms with Crippen LogP contribution < -0.4 is 21.1 Å². The van der Waals surface area contributed by atoms with Gasteiger partial charge in [-0.1, -0.05) is 30.3 Å². The Bertz CT molecular complexity index is 1770. The van der Waals surface area contributed by atoms with Crippen molar-refractivity contribution < 1.29 is 13.9 Å². The second-order valence-corrected chi connectivity index (χ2v) is 9.01. The Balaban J connectivity index is 1.56. The first kappa shape index (κ1) is 24.9. The number of carbonyl (C=O) groups is 1. The van der Waals surface area contributed by atoms with E-state index in [9.17, 15) is 14.0 Å². The molecular formula is C29H26FN5O3. The molecular weight excluding hydrogens is 485 g/mol. The minimum atomic E-state index is -0.466. The number of amides is 1. The van der Waals surface area contributed by atoms with Crippen LogP contribution in [0, 0.1) is 18.2 Å². The number of carbonyl (C=O) groups excluding carboxylic acids is 1. The molecule has 3 heterocycles. The lowest BCUT2D eigenvalue weighted by Gasteiger charge is -2.15. The van der Waals surface area contributed by atoms with Crippen molar-refractivity contribution in [3.05, 3.63) is 117 Å². The zero-order valence-corrected chi connectivity index (χ0v) is 21.0. The van der Waals surface area contributed by atoms with Crippen LogP contribution >= 0.6 is 0 Å². The van der Waals surface area contributed by atoms with Gasteiger partial charge in [0.2, 0.25) is 0 Å². The number of methoxy groups -OCH3 is 1. The number of benzene rings is 2. The highest BCUT2D eigenvalue weighted by atomic mass is 19.1. The number of aryl methyl sites for hydroxylation is 1. The predicted molar refractivity (Wildman–Crippen MR) is 142 cm³/mol. The summed E-state index contributed by atoms with van der Waals surface area (Å²) in [4.78, 5) is 31.4. The molecule has 0 bridgehead atoms. The predicted octanol–water partition coefficient (Wildman–Crippen LogP) is 3.61. The molecule has 0 atom stereocenters.